The number of H-pyrrole nitrogens is 1. The summed E-state index contributed by atoms with van der Waals surface area (Å²) in [6.07, 6.45) is 4.84. The Kier molecular flexibility index (Phi) is 9.39. The van der Waals surface area contributed by atoms with Gasteiger partial charge in [-0.3, -0.25) is 19.7 Å². The third-order valence-corrected chi connectivity index (χ3v) is 6.83. The quantitative estimate of drug-likeness (QED) is 0.357. The maximum Gasteiger partial charge on any atom is 0.275 e. The van der Waals surface area contributed by atoms with Crippen molar-refractivity contribution in [1.82, 2.24) is 20.5 Å². The molecule has 2 aromatic rings. The van der Waals surface area contributed by atoms with Crippen LogP contribution in [0.3, 0.4) is 0 Å². The Labute approximate surface area is 214 Å². The van der Waals surface area contributed by atoms with Gasteiger partial charge in [-0.05, 0) is 52.1 Å². The van der Waals surface area contributed by atoms with E-state index < -0.39 is 45.9 Å². The van der Waals surface area contributed by atoms with E-state index in [1.54, 1.807) is 11.9 Å². The Balaban J connectivity index is 1.77. The smallest absolute Gasteiger partial charge is 0.275 e. The van der Waals surface area contributed by atoms with Gasteiger partial charge in [0.25, 0.3) is 11.8 Å². The molecule has 1 aromatic heterocycles. The third kappa shape index (κ3) is 6.16. The minimum absolute atomic E-state index is 0.0213. The topological polar surface area (TPSA) is 124 Å². The molecule has 9 nitrogen and oxygen atoms in total. The molecule has 0 spiro atoms. The number of aromatic amines is 1. The highest BCUT2D eigenvalue weighted by Gasteiger charge is 2.42. The van der Waals surface area contributed by atoms with Gasteiger partial charge in [-0.15, -0.1) is 0 Å². The van der Waals surface area contributed by atoms with Crippen molar-refractivity contribution in [3.63, 3.8) is 0 Å². The molecule has 0 saturated heterocycles. The van der Waals surface area contributed by atoms with Crippen LogP contribution < -0.4 is 16.1 Å². The number of benzene rings is 1. The molecule has 3 rings (SSSR count). The van der Waals surface area contributed by atoms with Crippen LogP contribution in [0.5, 0.6) is 5.75 Å². The van der Waals surface area contributed by atoms with Gasteiger partial charge in [-0.1, -0.05) is 13.0 Å². The summed E-state index contributed by atoms with van der Waals surface area (Å²) in [6.45, 7) is 4.55. The van der Waals surface area contributed by atoms with Gasteiger partial charge in [0.15, 0.2) is 11.4 Å². The van der Waals surface area contributed by atoms with Crippen LogP contribution in [-0.4, -0.2) is 58.8 Å². The van der Waals surface area contributed by atoms with E-state index in [-0.39, 0.29) is 23.9 Å². The molecule has 1 aromatic carbocycles. The summed E-state index contributed by atoms with van der Waals surface area (Å²) in [4.78, 5) is 43.0. The van der Waals surface area contributed by atoms with E-state index in [1.807, 2.05) is 13.8 Å². The van der Waals surface area contributed by atoms with Crippen LogP contribution in [0.4, 0.5) is 8.78 Å². The summed E-state index contributed by atoms with van der Waals surface area (Å²) < 4.78 is 32.8. The molecule has 0 unspecified atom stereocenters. The summed E-state index contributed by atoms with van der Waals surface area (Å²) in [5.41, 5.74) is -2.47. The molecule has 4 N–H and O–H groups in total. The Morgan fingerprint density at radius 1 is 1.24 bits per heavy atom. The Hall–Kier alpha value is -3.31. The molecular formula is C26H34F2N4O5. The van der Waals surface area contributed by atoms with Crippen LogP contribution in [0.1, 0.15) is 72.4 Å². The number of pyridine rings is 1. The molecule has 1 aliphatic carbocycles. The van der Waals surface area contributed by atoms with Crippen molar-refractivity contribution in [3.05, 3.63) is 63.1 Å². The van der Waals surface area contributed by atoms with Gasteiger partial charge in [0, 0.05) is 37.5 Å². The Morgan fingerprint density at radius 3 is 2.54 bits per heavy atom. The first-order chi connectivity index (χ1) is 17.7. The molecule has 0 radical (unpaired) electrons. The number of hydrogen-bond donors (Lipinski definition) is 4. The zero-order valence-electron chi connectivity index (χ0n) is 21.3. The number of ether oxygens (including phenoxy) is 1. The number of aromatic hydroxyl groups is 1. The predicted molar refractivity (Wildman–Crippen MR) is 133 cm³/mol. The molecule has 2 amide bonds. The summed E-state index contributed by atoms with van der Waals surface area (Å²) in [5, 5.41) is 16.2. The summed E-state index contributed by atoms with van der Waals surface area (Å²) >= 11 is 0. The number of nitrogens with one attached hydrogen (secondary N) is 3. The van der Waals surface area contributed by atoms with Crippen LogP contribution in [0.25, 0.3) is 0 Å². The van der Waals surface area contributed by atoms with E-state index in [4.69, 9.17) is 4.74 Å². The highest BCUT2D eigenvalue weighted by atomic mass is 19.1. The zero-order chi connectivity index (χ0) is 27.2. The number of amides is 2. The molecular weight excluding hydrogens is 486 g/mol. The van der Waals surface area contributed by atoms with Gasteiger partial charge < -0.3 is 25.0 Å². The minimum Gasteiger partial charge on any atom is -0.503 e. The second-order valence-electron chi connectivity index (χ2n) is 9.07. The number of carbonyl (C=O) groups excluding carboxylic acids is 2. The standard InChI is InChI=1S/C26H34F2N4O5/c1-4-12-37-18-8-10-26(29-3,11-9-18)32(5-2)25(36)21-23(34)22(33)19(15-30-21)24(35)31-14-16-6-7-17(27)13-20(16)28/h6-7,13,15,18,29,34H,4-5,8-12,14H2,1-3H3,(H,30,33)(H,31,35). The van der Waals surface area contributed by atoms with E-state index in [9.17, 15) is 28.3 Å². The van der Waals surface area contributed by atoms with Gasteiger partial charge in [-0.25, -0.2) is 8.78 Å². The number of aromatic nitrogens is 1. The molecule has 1 saturated carbocycles. The molecule has 202 valence electrons. The normalized spacial score (nSPS) is 19.4. The minimum atomic E-state index is -1.04. The Morgan fingerprint density at radius 2 is 1.95 bits per heavy atom. The molecule has 1 fully saturated rings. The van der Waals surface area contributed by atoms with Gasteiger partial charge in [0.1, 0.15) is 17.2 Å². The highest BCUT2D eigenvalue weighted by Crippen LogP contribution is 2.34. The molecule has 0 aliphatic heterocycles. The van der Waals surface area contributed by atoms with Gasteiger partial charge in [0.2, 0.25) is 5.43 Å². The maximum atomic E-state index is 13.8. The lowest BCUT2D eigenvalue weighted by atomic mass is 9.85. The number of rotatable bonds is 10. The van der Waals surface area contributed by atoms with Crippen molar-refractivity contribution < 1.29 is 28.2 Å². The van der Waals surface area contributed by atoms with E-state index in [2.05, 4.69) is 15.6 Å². The number of nitrogens with zero attached hydrogens (tertiary/aromatic N) is 1. The first-order valence-electron chi connectivity index (χ1n) is 12.5. The summed E-state index contributed by atoms with van der Waals surface area (Å²) in [6, 6.07) is 2.91. The average Bonchev–Trinajstić information content (AvgIpc) is 2.89. The number of hydrogen-bond acceptors (Lipinski definition) is 6. The molecule has 1 aliphatic rings. The molecule has 37 heavy (non-hydrogen) atoms. The number of carbonyl (C=O) groups is 2. The van der Waals surface area contributed by atoms with Crippen molar-refractivity contribution in [2.45, 2.75) is 64.3 Å². The lowest BCUT2D eigenvalue weighted by molar-refractivity contribution is -0.0311. The van der Waals surface area contributed by atoms with Crippen LogP contribution in [0, 0.1) is 11.6 Å². The Bertz CT molecular complexity index is 1180. The van der Waals surface area contributed by atoms with Crippen LogP contribution in [0.2, 0.25) is 0 Å². The van der Waals surface area contributed by atoms with E-state index in [1.165, 1.54) is 6.07 Å². The van der Waals surface area contributed by atoms with Gasteiger partial charge in [0.05, 0.1) is 11.8 Å². The highest BCUT2D eigenvalue weighted by molar-refractivity contribution is 5.98. The monoisotopic (exact) mass is 520 g/mol. The van der Waals surface area contributed by atoms with Crippen molar-refractivity contribution in [2.75, 3.05) is 20.2 Å². The van der Waals surface area contributed by atoms with Crippen molar-refractivity contribution >= 4 is 11.8 Å². The van der Waals surface area contributed by atoms with Gasteiger partial charge in [-0.2, -0.15) is 0 Å². The van der Waals surface area contributed by atoms with Crippen molar-refractivity contribution in [3.8, 4) is 5.75 Å². The van der Waals surface area contributed by atoms with E-state index >= 15 is 0 Å². The van der Waals surface area contributed by atoms with E-state index in [0.29, 0.717) is 32.1 Å². The second kappa shape index (κ2) is 12.3. The lowest BCUT2D eigenvalue weighted by Gasteiger charge is -2.47. The van der Waals surface area contributed by atoms with Crippen LogP contribution >= 0.6 is 0 Å². The number of halogens is 2. The SMILES string of the molecule is CCCOC1CCC(NC)(N(CC)C(=O)c2[nH]cc(C(=O)NCc3ccc(F)cc3F)c(=O)c2O)CC1. The molecule has 0 bridgehead atoms. The fourth-order valence-electron chi connectivity index (χ4n) is 4.74. The van der Waals surface area contributed by atoms with Gasteiger partial charge >= 0.3 is 0 Å². The first kappa shape index (κ1) is 28.3. The van der Waals surface area contributed by atoms with Crippen molar-refractivity contribution in [2.24, 2.45) is 0 Å². The fourth-order valence-corrected chi connectivity index (χ4v) is 4.74. The summed E-state index contributed by atoms with van der Waals surface area (Å²) in [7, 11) is 1.77. The largest absolute Gasteiger partial charge is 0.503 e. The zero-order valence-corrected chi connectivity index (χ0v) is 21.3. The van der Waals surface area contributed by atoms with E-state index in [0.717, 1.165) is 31.5 Å². The predicted octanol–water partition coefficient (Wildman–Crippen LogP) is 3.04. The second-order valence-corrected chi connectivity index (χ2v) is 9.07. The third-order valence-electron chi connectivity index (χ3n) is 6.83. The molecule has 11 heteroatoms. The van der Waals surface area contributed by atoms with Crippen LogP contribution in [-0.2, 0) is 11.3 Å². The maximum absolute atomic E-state index is 13.8. The summed E-state index contributed by atoms with van der Waals surface area (Å²) in [5.74, 6) is -3.95. The van der Waals surface area contributed by atoms with Crippen molar-refractivity contribution in [1.29, 1.82) is 0 Å². The molecule has 1 heterocycles. The first-order valence-corrected chi connectivity index (χ1v) is 12.5. The fraction of sp³-hybridized carbons (Fsp3) is 0.500. The average molecular weight is 521 g/mol. The van der Waals surface area contributed by atoms with Crippen LogP contribution in [0.15, 0.2) is 29.2 Å². The lowest BCUT2D eigenvalue weighted by Crippen LogP contribution is -2.62. The molecule has 0 atom stereocenters.